The van der Waals surface area contributed by atoms with Gasteiger partial charge in [0.1, 0.15) is 0 Å². The van der Waals surface area contributed by atoms with Crippen LogP contribution < -0.4 is 0 Å². The third-order valence-corrected chi connectivity index (χ3v) is 3.20. The summed E-state index contributed by atoms with van der Waals surface area (Å²) in [6.07, 6.45) is 5.56. The van der Waals surface area contributed by atoms with Crippen LogP contribution >= 0.6 is 0 Å². The van der Waals surface area contributed by atoms with E-state index in [1.165, 1.54) is 34.9 Å². The summed E-state index contributed by atoms with van der Waals surface area (Å²) in [5.74, 6) is -0.134. The van der Waals surface area contributed by atoms with Crippen LogP contribution in [0.25, 0.3) is 0 Å². The molecule has 2 rings (SSSR count). The monoisotopic (exact) mass is 240 g/mol. The van der Waals surface area contributed by atoms with Gasteiger partial charge in [0.25, 0.3) is 0 Å². The molecule has 92 valence electrons. The molecule has 0 heterocycles. The lowest BCUT2D eigenvalue weighted by atomic mass is 9.94. The van der Waals surface area contributed by atoms with Gasteiger partial charge in [0.2, 0.25) is 0 Å². The number of hydrogen-bond acceptors (Lipinski definition) is 2. The highest BCUT2D eigenvalue weighted by Gasteiger charge is 2.13. The zero-order valence-corrected chi connectivity index (χ0v) is 10.7. The molecule has 0 saturated carbocycles. The molecule has 18 heavy (non-hydrogen) atoms. The lowest BCUT2D eigenvalue weighted by molar-refractivity contribution is -0.114. The lowest BCUT2D eigenvalue weighted by Crippen LogP contribution is -2.08. The Kier molecular flexibility index (Phi) is 3.56. The van der Waals surface area contributed by atoms with Crippen molar-refractivity contribution in [1.82, 2.24) is 0 Å². The maximum Gasteiger partial charge on any atom is 0.182 e. The molecule has 1 aromatic rings. The number of ketones is 2. The van der Waals surface area contributed by atoms with Crippen molar-refractivity contribution in [3.63, 3.8) is 0 Å². The molecule has 1 aliphatic rings. The molecular weight excluding hydrogens is 224 g/mol. The molecule has 0 saturated heterocycles. The van der Waals surface area contributed by atoms with Crippen LogP contribution in [-0.2, 0) is 16.0 Å². The van der Waals surface area contributed by atoms with Gasteiger partial charge < -0.3 is 0 Å². The summed E-state index contributed by atoms with van der Waals surface area (Å²) in [5, 5.41) is 0. The second kappa shape index (κ2) is 5.13. The van der Waals surface area contributed by atoms with E-state index in [-0.39, 0.29) is 11.6 Å². The highest BCUT2D eigenvalue weighted by atomic mass is 16.1. The molecule has 1 aromatic carbocycles. The molecule has 0 aromatic heterocycles. The van der Waals surface area contributed by atoms with Gasteiger partial charge >= 0.3 is 0 Å². The predicted molar refractivity (Wildman–Crippen MR) is 71.5 cm³/mol. The van der Waals surface area contributed by atoms with E-state index in [4.69, 9.17) is 0 Å². The first-order chi connectivity index (χ1) is 8.56. The van der Waals surface area contributed by atoms with E-state index >= 15 is 0 Å². The Morgan fingerprint density at radius 3 is 2.56 bits per heavy atom. The maximum atomic E-state index is 11.6. The summed E-state index contributed by atoms with van der Waals surface area (Å²) in [7, 11) is 0. The Labute approximate surface area is 107 Å². The summed E-state index contributed by atoms with van der Waals surface area (Å²) in [6.45, 7) is 4.12. The number of benzene rings is 1. The minimum atomic E-state index is -0.0921. The van der Waals surface area contributed by atoms with Crippen LogP contribution in [0.4, 0.5) is 0 Å². The second-order valence-corrected chi connectivity index (χ2v) is 4.70. The average Bonchev–Trinajstić information content (AvgIpc) is 2.34. The number of hydrogen-bond donors (Lipinski definition) is 0. The summed E-state index contributed by atoms with van der Waals surface area (Å²) in [4.78, 5) is 22.8. The molecule has 0 bridgehead atoms. The molecular formula is C16H16O2. The summed E-state index contributed by atoms with van der Waals surface area (Å²) in [5.41, 5.74) is 4.30. The zero-order chi connectivity index (χ0) is 13.1. The molecule has 1 aliphatic carbocycles. The fourth-order valence-electron chi connectivity index (χ4n) is 2.09. The fourth-order valence-corrected chi connectivity index (χ4v) is 2.09. The van der Waals surface area contributed by atoms with Crippen molar-refractivity contribution >= 4 is 11.6 Å². The van der Waals surface area contributed by atoms with E-state index in [2.05, 4.69) is 32.0 Å². The van der Waals surface area contributed by atoms with E-state index in [9.17, 15) is 9.59 Å². The molecule has 0 atom stereocenters. The van der Waals surface area contributed by atoms with Gasteiger partial charge in [-0.1, -0.05) is 23.8 Å². The quantitative estimate of drug-likeness (QED) is 0.761. The van der Waals surface area contributed by atoms with Crippen molar-refractivity contribution in [1.29, 1.82) is 0 Å². The minimum absolute atomic E-state index is 0.0418. The average molecular weight is 240 g/mol. The van der Waals surface area contributed by atoms with Crippen molar-refractivity contribution in [2.75, 3.05) is 0 Å². The standard InChI is InChI=1S/C16H16O2/c1-11-3-4-12(2)13(9-11)5-6-14-10-15(17)7-8-16(14)18/h3-4,7-10H,5-6H2,1-2H3. The zero-order valence-electron chi connectivity index (χ0n) is 10.7. The van der Waals surface area contributed by atoms with Gasteiger partial charge in [-0.25, -0.2) is 0 Å². The predicted octanol–water partition coefficient (Wildman–Crippen LogP) is 2.87. The highest BCUT2D eigenvalue weighted by molar-refractivity contribution is 6.17. The first kappa shape index (κ1) is 12.5. The van der Waals surface area contributed by atoms with Crippen molar-refractivity contribution < 1.29 is 9.59 Å². The SMILES string of the molecule is Cc1ccc(C)c(CCC2=CC(=O)C=CC2=O)c1. The topological polar surface area (TPSA) is 34.1 Å². The van der Waals surface area contributed by atoms with Crippen LogP contribution in [0.5, 0.6) is 0 Å². The van der Waals surface area contributed by atoms with Crippen molar-refractivity contribution in [3.8, 4) is 0 Å². The summed E-state index contributed by atoms with van der Waals surface area (Å²) < 4.78 is 0. The molecule has 0 N–H and O–H groups in total. The van der Waals surface area contributed by atoms with E-state index in [0.717, 1.165) is 6.42 Å². The van der Waals surface area contributed by atoms with E-state index in [1.54, 1.807) is 0 Å². The largest absolute Gasteiger partial charge is 0.290 e. The third-order valence-electron chi connectivity index (χ3n) is 3.20. The summed E-state index contributed by atoms with van der Waals surface area (Å²) in [6, 6.07) is 6.31. The van der Waals surface area contributed by atoms with E-state index in [1.807, 2.05) is 0 Å². The minimum Gasteiger partial charge on any atom is -0.290 e. The number of carbonyl (C=O) groups is 2. The van der Waals surface area contributed by atoms with Gasteiger partial charge in [0.05, 0.1) is 0 Å². The first-order valence-electron chi connectivity index (χ1n) is 6.09. The molecule has 0 amide bonds. The van der Waals surface area contributed by atoms with Gasteiger partial charge in [0, 0.05) is 5.57 Å². The van der Waals surface area contributed by atoms with Gasteiger partial charge in [-0.15, -0.1) is 0 Å². The number of allylic oxidation sites excluding steroid dienone is 4. The van der Waals surface area contributed by atoms with Gasteiger partial charge in [-0.3, -0.25) is 9.59 Å². The van der Waals surface area contributed by atoms with Crippen molar-refractivity contribution in [2.45, 2.75) is 26.7 Å². The molecule has 0 radical (unpaired) electrons. The van der Waals surface area contributed by atoms with Crippen LogP contribution in [0, 0.1) is 13.8 Å². The number of rotatable bonds is 3. The van der Waals surface area contributed by atoms with Gasteiger partial charge in [0.15, 0.2) is 11.6 Å². The molecule has 0 spiro atoms. The van der Waals surface area contributed by atoms with E-state index < -0.39 is 0 Å². The molecule has 2 nitrogen and oxygen atoms in total. The van der Waals surface area contributed by atoms with Crippen LogP contribution in [0.15, 0.2) is 42.0 Å². The lowest BCUT2D eigenvalue weighted by Gasteiger charge is -2.09. The maximum absolute atomic E-state index is 11.6. The smallest absolute Gasteiger partial charge is 0.182 e. The van der Waals surface area contributed by atoms with Crippen LogP contribution in [-0.4, -0.2) is 11.6 Å². The van der Waals surface area contributed by atoms with Crippen molar-refractivity contribution in [3.05, 3.63) is 58.7 Å². The van der Waals surface area contributed by atoms with E-state index in [0.29, 0.717) is 12.0 Å². The molecule has 0 fully saturated rings. The normalized spacial score (nSPS) is 14.9. The number of aryl methyl sites for hydroxylation is 3. The van der Waals surface area contributed by atoms with Gasteiger partial charge in [-0.05, 0) is 56.0 Å². The highest BCUT2D eigenvalue weighted by Crippen LogP contribution is 2.17. The molecule has 0 aliphatic heterocycles. The number of carbonyl (C=O) groups excluding carboxylic acids is 2. The second-order valence-electron chi connectivity index (χ2n) is 4.70. The Bertz CT molecular complexity index is 562. The Morgan fingerprint density at radius 2 is 1.78 bits per heavy atom. The fraction of sp³-hybridized carbons (Fsp3) is 0.250. The van der Waals surface area contributed by atoms with Gasteiger partial charge in [-0.2, -0.15) is 0 Å². The van der Waals surface area contributed by atoms with Crippen LogP contribution in [0.2, 0.25) is 0 Å². The Morgan fingerprint density at radius 1 is 1.00 bits per heavy atom. The third kappa shape index (κ3) is 2.83. The molecule has 2 heteroatoms. The van der Waals surface area contributed by atoms with Crippen LogP contribution in [0.3, 0.4) is 0 Å². The first-order valence-corrected chi connectivity index (χ1v) is 6.09. The van der Waals surface area contributed by atoms with Crippen molar-refractivity contribution in [2.24, 2.45) is 0 Å². The Balaban J connectivity index is 2.10. The summed E-state index contributed by atoms with van der Waals surface area (Å²) >= 11 is 0. The Hall–Kier alpha value is -1.96. The van der Waals surface area contributed by atoms with Crippen LogP contribution in [0.1, 0.15) is 23.1 Å². The molecule has 0 unspecified atom stereocenters.